The van der Waals surface area contributed by atoms with E-state index >= 15 is 0 Å². The number of carbonyl (C=O) groups excluding carboxylic acids is 1. The van der Waals surface area contributed by atoms with Gasteiger partial charge < -0.3 is 10.1 Å². The summed E-state index contributed by atoms with van der Waals surface area (Å²) < 4.78 is 6.14. The molecule has 1 atom stereocenters. The molecular formula is C11H12BrNO2. The number of nitrogens with one attached hydrogen (secondary N) is 1. The fourth-order valence-corrected chi connectivity index (χ4v) is 2.06. The molecule has 3 nitrogen and oxygen atoms in total. The van der Waals surface area contributed by atoms with Crippen molar-refractivity contribution in [3.8, 4) is 0 Å². The molecule has 1 aromatic carbocycles. The molecule has 0 radical (unpaired) electrons. The minimum absolute atomic E-state index is 0.0245. The smallest absolute Gasteiger partial charge is 0.407 e. The molecule has 1 aromatic rings. The number of cyclic esters (lactones) is 1. The van der Waals surface area contributed by atoms with Crippen molar-refractivity contribution in [3.63, 3.8) is 0 Å². The summed E-state index contributed by atoms with van der Waals surface area (Å²) in [5, 5.41) is 2.65. The van der Waals surface area contributed by atoms with E-state index in [1.807, 2.05) is 12.1 Å². The zero-order valence-corrected chi connectivity index (χ0v) is 9.79. The Morgan fingerprint density at radius 1 is 1.53 bits per heavy atom. The number of carbonyl (C=O) groups is 1. The van der Waals surface area contributed by atoms with Gasteiger partial charge >= 0.3 is 6.09 Å². The molecular weight excluding hydrogens is 258 g/mol. The zero-order chi connectivity index (χ0) is 10.7. The Bertz CT molecular complexity index is 367. The van der Waals surface area contributed by atoms with Crippen LogP contribution in [-0.4, -0.2) is 18.7 Å². The Kier molecular flexibility index (Phi) is 3.26. The average Bonchev–Trinajstić information content (AvgIpc) is 2.62. The molecule has 1 N–H and O–H groups in total. The van der Waals surface area contributed by atoms with Gasteiger partial charge in [0.2, 0.25) is 0 Å². The van der Waals surface area contributed by atoms with E-state index in [0.29, 0.717) is 6.54 Å². The van der Waals surface area contributed by atoms with E-state index in [9.17, 15) is 4.79 Å². The van der Waals surface area contributed by atoms with Crippen molar-refractivity contribution in [2.24, 2.45) is 0 Å². The number of hydrogen-bond donors (Lipinski definition) is 1. The van der Waals surface area contributed by atoms with Gasteiger partial charge in [0, 0.05) is 4.47 Å². The molecule has 2 rings (SSSR count). The Balaban J connectivity index is 1.85. The van der Waals surface area contributed by atoms with Crippen LogP contribution in [0, 0.1) is 0 Å². The summed E-state index contributed by atoms with van der Waals surface area (Å²) in [5.74, 6) is 0. The highest BCUT2D eigenvalue weighted by atomic mass is 79.9. The van der Waals surface area contributed by atoms with E-state index < -0.39 is 0 Å². The maximum atomic E-state index is 10.8. The normalized spacial score (nSPS) is 19.8. The number of rotatable bonds is 3. The third-order valence-electron chi connectivity index (χ3n) is 2.39. The van der Waals surface area contributed by atoms with Gasteiger partial charge in [0.25, 0.3) is 0 Å². The Hall–Kier alpha value is -1.03. The first-order valence-corrected chi connectivity index (χ1v) is 5.72. The minimum Gasteiger partial charge on any atom is -0.444 e. The number of halogens is 1. The standard InChI is InChI=1S/C11H12BrNO2/c12-9-3-1-2-8(6-9)4-5-10-7-13-11(14)15-10/h1-3,6,10H,4-5,7H2,(H,13,14). The van der Waals surface area contributed by atoms with Gasteiger partial charge in [-0.05, 0) is 30.5 Å². The number of ether oxygens (including phenoxy) is 1. The van der Waals surface area contributed by atoms with Gasteiger partial charge in [0.05, 0.1) is 6.54 Å². The molecule has 0 aliphatic carbocycles. The van der Waals surface area contributed by atoms with Gasteiger partial charge in [-0.15, -0.1) is 0 Å². The van der Waals surface area contributed by atoms with Crippen molar-refractivity contribution in [1.29, 1.82) is 0 Å². The molecule has 80 valence electrons. The van der Waals surface area contributed by atoms with Gasteiger partial charge in [0.15, 0.2) is 0 Å². The fourth-order valence-electron chi connectivity index (χ4n) is 1.61. The third kappa shape index (κ3) is 2.96. The van der Waals surface area contributed by atoms with E-state index in [1.165, 1.54) is 5.56 Å². The monoisotopic (exact) mass is 269 g/mol. The number of benzene rings is 1. The second-order valence-corrected chi connectivity index (χ2v) is 4.49. The van der Waals surface area contributed by atoms with Crippen LogP contribution in [0.4, 0.5) is 4.79 Å². The van der Waals surface area contributed by atoms with Gasteiger partial charge in [-0.25, -0.2) is 4.79 Å². The molecule has 1 unspecified atom stereocenters. The summed E-state index contributed by atoms with van der Waals surface area (Å²) in [6, 6.07) is 8.18. The lowest BCUT2D eigenvalue weighted by molar-refractivity contribution is 0.136. The molecule has 15 heavy (non-hydrogen) atoms. The maximum Gasteiger partial charge on any atom is 0.407 e. The van der Waals surface area contributed by atoms with Crippen LogP contribution >= 0.6 is 15.9 Å². The largest absolute Gasteiger partial charge is 0.444 e. The summed E-state index contributed by atoms with van der Waals surface area (Å²) >= 11 is 3.43. The summed E-state index contributed by atoms with van der Waals surface area (Å²) in [5.41, 5.74) is 1.26. The number of amides is 1. The summed E-state index contributed by atoms with van der Waals surface area (Å²) in [7, 11) is 0. The summed E-state index contributed by atoms with van der Waals surface area (Å²) in [4.78, 5) is 10.8. The van der Waals surface area contributed by atoms with E-state index in [2.05, 4.69) is 33.4 Å². The van der Waals surface area contributed by atoms with Crippen LogP contribution in [0.25, 0.3) is 0 Å². The van der Waals surface area contributed by atoms with Gasteiger partial charge in [-0.1, -0.05) is 28.1 Å². The first-order chi connectivity index (χ1) is 7.24. The lowest BCUT2D eigenvalue weighted by atomic mass is 10.1. The van der Waals surface area contributed by atoms with Crippen molar-refractivity contribution < 1.29 is 9.53 Å². The molecule has 1 amide bonds. The Morgan fingerprint density at radius 3 is 3.07 bits per heavy atom. The highest BCUT2D eigenvalue weighted by Gasteiger charge is 2.21. The van der Waals surface area contributed by atoms with E-state index in [4.69, 9.17) is 4.74 Å². The Labute approximate surface area is 96.9 Å². The van der Waals surface area contributed by atoms with Crippen LogP contribution in [0.5, 0.6) is 0 Å². The number of alkyl carbamates (subject to hydrolysis) is 1. The van der Waals surface area contributed by atoms with Crippen molar-refractivity contribution in [2.75, 3.05) is 6.54 Å². The topological polar surface area (TPSA) is 38.3 Å². The van der Waals surface area contributed by atoms with Crippen molar-refractivity contribution in [1.82, 2.24) is 5.32 Å². The minimum atomic E-state index is -0.297. The molecule has 1 fully saturated rings. The first-order valence-electron chi connectivity index (χ1n) is 4.93. The van der Waals surface area contributed by atoms with Crippen LogP contribution in [0.2, 0.25) is 0 Å². The van der Waals surface area contributed by atoms with Crippen molar-refractivity contribution in [3.05, 3.63) is 34.3 Å². The van der Waals surface area contributed by atoms with Gasteiger partial charge in [-0.3, -0.25) is 0 Å². The second-order valence-electron chi connectivity index (χ2n) is 3.58. The van der Waals surface area contributed by atoms with Gasteiger partial charge in [-0.2, -0.15) is 0 Å². The van der Waals surface area contributed by atoms with Crippen molar-refractivity contribution in [2.45, 2.75) is 18.9 Å². The van der Waals surface area contributed by atoms with Crippen LogP contribution in [0.15, 0.2) is 28.7 Å². The van der Waals surface area contributed by atoms with Crippen LogP contribution < -0.4 is 5.32 Å². The molecule has 4 heteroatoms. The van der Waals surface area contributed by atoms with Crippen LogP contribution in [0.1, 0.15) is 12.0 Å². The number of aryl methyl sites for hydroxylation is 1. The average molecular weight is 270 g/mol. The fraction of sp³-hybridized carbons (Fsp3) is 0.364. The molecule has 1 heterocycles. The molecule has 0 aromatic heterocycles. The first kappa shape index (κ1) is 10.5. The molecule has 0 spiro atoms. The molecule has 0 saturated carbocycles. The van der Waals surface area contributed by atoms with Crippen LogP contribution in [0.3, 0.4) is 0 Å². The Morgan fingerprint density at radius 2 is 2.40 bits per heavy atom. The third-order valence-corrected chi connectivity index (χ3v) is 2.89. The molecule has 1 aliphatic heterocycles. The number of hydrogen-bond acceptors (Lipinski definition) is 2. The molecule has 1 aliphatic rings. The maximum absolute atomic E-state index is 10.8. The highest BCUT2D eigenvalue weighted by molar-refractivity contribution is 9.10. The lowest BCUT2D eigenvalue weighted by Gasteiger charge is -2.07. The molecule has 1 saturated heterocycles. The zero-order valence-electron chi connectivity index (χ0n) is 8.20. The van der Waals surface area contributed by atoms with E-state index in [1.54, 1.807) is 0 Å². The second kappa shape index (κ2) is 4.66. The quantitative estimate of drug-likeness (QED) is 0.916. The predicted molar refractivity (Wildman–Crippen MR) is 60.7 cm³/mol. The summed E-state index contributed by atoms with van der Waals surface area (Å²) in [6.45, 7) is 0.632. The van der Waals surface area contributed by atoms with Crippen LogP contribution in [-0.2, 0) is 11.2 Å². The lowest BCUT2D eigenvalue weighted by Crippen LogP contribution is -2.15. The van der Waals surface area contributed by atoms with E-state index in [0.717, 1.165) is 17.3 Å². The van der Waals surface area contributed by atoms with Gasteiger partial charge in [0.1, 0.15) is 6.10 Å². The SMILES string of the molecule is O=C1NCC(CCc2cccc(Br)c2)O1. The summed E-state index contributed by atoms with van der Waals surface area (Å²) in [6.07, 6.45) is 1.53. The van der Waals surface area contributed by atoms with E-state index in [-0.39, 0.29) is 12.2 Å². The molecule has 0 bridgehead atoms. The predicted octanol–water partition coefficient (Wildman–Crippen LogP) is 2.49. The highest BCUT2D eigenvalue weighted by Crippen LogP contribution is 2.15. The van der Waals surface area contributed by atoms with Crippen molar-refractivity contribution >= 4 is 22.0 Å².